The van der Waals surface area contributed by atoms with Gasteiger partial charge in [-0.25, -0.2) is 9.78 Å². The summed E-state index contributed by atoms with van der Waals surface area (Å²) in [5.74, 6) is 0. The predicted octanol–water partition coefficient (Wildman–Crippen LogP) is 4.47. The lowest BCUT2D eigenvalue weighted by Crippen LogP contribution is -2.04. The molecule has 0 aliphatic carbocycles. The van der Waals surface area contributed by atoms with E-state index >= 15 is 0 Å². The number of rotatable bonds is 4. The van der Waals surface area contributed by atoms with Crippen molar-refractivity contribution in [3.63, 3.8) is 0 Å². The van der Waals surface area contributed by atoms with E-state index in [2.05, 4.69) is 10.3 Å². The Hall–Kier alpha value is -3.25. The maximum absolute atomic E-state index is 12.3. The van der Waals surface area contributed by atoms with Crippen molar-refractivity contribution in [1.29, 1.82) is 0 Å². The lowest BCUT2D eigenvalue weighted by molar-refractivity contribution is 0.112. The van der Waals surface area contributed by atoms with Crippen LogP contribution in [0, 0.1) is 0 Å². The summed E-state index contributed by atoms with van der Waals surface area (Å²) < 4.78 is 5.35. The fraction of sp³-hybridized carbons (Fsp3) is 0. The second-order valence-electron chi connectivity index (χ2n) is 5.33. The Labute approximate surface area is 146 Å². The zero-order valence-corrected chi connectivity index (χ0v) is 13.7. The van der Waals surface area contributed by atoms with Crippen molar-refractivity contribution >= 4 is 39.4 Å². The van der Waals surface area contributed by atoms with Gasteiger partial charge in [0.2, 0.25) is 0 Å². The Morgan fingerprint density at radius 3 is 2.60 bits per heavy atom. The zero-order valence-electron chi connectivity index (χ0n) is 12.9. The topological polar surface area (TPSA) is 72.2 Å². The van der Waals surface area contributed by atoms with Crippen LogP contribution in [-0.4, -0.2) is 11.3 Å². The average molecular weight is 348 g/mol. The highest BCUT2D eigenvalue weighted by atomic mass is 32.1. The van der Waals surface area contributed by atoms with Gasteiger partial charge in [-0.1, -0.05) is 47.7 Å². The summed E-state index contributed by atoms with van der Waals surface area (Å²) in [5, 5.41) is 4.46. The van der Waals surface area contributed by atoms with Crippen LogP contribution in [0.2, 0.25) is 0 Å². The fourth-order valence-corrected chi connectivity index (χ4v) is 3.34. The van der Waals surface area contributed by atoms with Gasteiger partial charge >= 0.3 is 5.63 Å². The summed E-state index contributed by atoms with van der Waals surface area (Å²) in [5.41, 5.74) is 1.45. The van der Waals surface area contributed by atoms with Crippen LogP contribution >= 0.6 is 11.3 Å². The minimum absolute atomic E-state index is 0.276. The number of nitrogens with one attached hydrogen (secondary N) is 1. The largest absolute Gasteiger partial charge is 0.422 e. The third kappa shape index (κ3) is 2.95. The van der Waals surface area contributed by atoms with Gasteiger partial charge in [0.1, 0.15) is 11.3 Å². The van der Waals surface area contributed by atoms with Gasteiger partial charge in [0, 0.05) is 11.1 Å². The van der Waals surface area contributed by atoms with Gasteiger partial charge in [0.05, 0.1) is 10.4 Å². The van der Waals surface area contributed by atoms with Gasteiger partial charge in [0.15, 0.2) is 11.4 Å². The number of thiazole rings is 1. The number of nitrogens with zero attached hydrogens (tertiary/aromatic N) is 1. The molecule has 0 amide bonds. The highest BCUT2D eigenvalue weighted by Gasteiger charge is 2.17. The summed E-state index contributed by atoms with van der Waals surface area (Å²) in [7, 11) is 0. The quantitative estimate of drug-likeness (QED) is 0.435. The molecule has 2 aromatic carbocycles. The Bertz CT molecular complexity index is 1120. The molecule has 2 aromatic heterocycles. The molecule has 0 unspecified atom stereocenters. The lowest BCUT2D eigenvalue weighted by Gasteiger charge is -2.01. The molecule has 0 bridgehead atoms. The molecule has 5 nitrogen and oxygen atoms in total. The minimum Gasteiger partial charge on any atom is -0.422 e. The summed E-state index contributed by atoms with van der Waals surface area (Å²) in [4.78, 5) is 28.6. The van der Waals surface area contributed by atoms with Crippen LogP contribution in [0.5, 0.6) is 0 Å². The van der Waals surface area contributed by atoms with E-state index in [-0.39, 0.29) is 5.56 Å². The zero-order chi connectivity index (χ0) is 17.2. The molecule has 4 rings (SSSR count). The molecule has 25 heavy (non-hydrogen) atoms. The first-order chi connectivity index (χ1) is 12.2. The number of hydrogen-bond acceptors (Lipinski definition) is 6. The average Bonchev–Trinajstić information content (AvgIpc) is 3.04. The third-order valence-electron chi connectivity index (χ3n) is 3.68. The van der Waals surface area contributed by atoms with E-state index in [4.69, 9.17) is 4.42 Å². The van der Waals surface area contributed by atoms with E-state index in [9.17, 15) is 9.59 Å². The van der Waals surface area contributed by atoms with E-state index in [1.54, 1.807) is 18.2 Å². The Kier molecular flexibility index (Phi) is 3.87. The first kappa shape index (κ1) is 15.3. The van der Waals surface area contributed by atoms with E-state index in [0.717, 1.165) is 11.1 Å². The van der Waals surface area contributed by atoms with Crippen LogP contribution < -0.4 is 10.9 Å². The molecule has 0 aliphatic heterocycles. The highest BCUT2D eigenvalue weighted by Crippen LogP contribution is 2.31. The number of hydrogen-bond donors (Lipinski definition) is 1. The van der Waals surface area contributed by atoms with Gasteiger partial charge in [-0.15, -0.1) is 0 Å². The molecule has 1 N–H and O–H groups in total. The van der Waals surface area contributed by atoms with Crippen LogP contribution in [0.25, 0.3) is 22.2 Å². The number of aromatic nitrogens is 1. The van der Waals surface area contributed by atoms with Crippen molar-refractivity contribution in [2.24, 2.45) is 0 Å². The smallest absolute Gasteiger partial charge is 0.345 e. The van der Waals surface area contributed by atoms with Gasteiger partial charge < -0.3 is 9.73 Å². The van der Waals surface area contributed by atoms with Crippen molar-refractivity contribution in [2.75, 3.05) is 5.32 Å². The highest BCUT2D eigenvalue weighted by molar-refractivity contribution is 7.17. The number of para-hydroxylation sites is 2. The number of aldehydes is 1. The summed E-state index contributed by atoms with van der Waals surface area (Å²) in [6.07, 6.45) is 0.706. The SMILES string of the molecule is O=Cc1sc(Nc2ccccc2)nc1-c1cc2ccccc2oc1=O. The van der Waals surface area contributed by atoms with Crippen molar-refractivity contribution in [2.45, 2.75) is 0 Å². The number of benzene rings is 2. The molecule has 0 aliphatic rings. The monoisotopic (exact) mass is 348 g/mol. The Morgan fingerprint density at radius 1 is 1.04 bits per heavy atom. The number of carbonyl (C=O) groups excluding carboxylic acids is 1. The number of fused-ring (bicyclic) bond motifs is 1. The molecular weight excluding hydrogens is 336 g/mol. The van der Waals surface area contributed by atoms with Crippen LogP contribution in [0.15, 0.2) is 69.9 Å². The van der Waals surface area contributed by atoms with E-state index in [0.29, 0.717) is 27.6 Å². The van der Waals surface area contributed by atoms with Crippen molar-refractivity contribution in [1.82, 2.24) is 4.98 Å². The maximum atomic E-state index is 12.3. The first-order valence-corrected chi connectivity index (χ1v) is 8.37. The molecule has 0 radical (unpaired) electrons. The molecule has 2 heterocycles. The summed E-state index contributed by atoms with van der Waals surface area (Å²) in [6.45, 7) is 0. The number of anilines is 2. The van der Waals surface area contributed by atoms with Crippen LogP contribution in [0.4, 0.5) is 10.8 Å². The molecule has 6 heteroatoms. The van der Waals surface area contributed by atoms with Crippen LogP contribution in [-0.2, 0) is 0 Å². The molecule has 122 valence electrons. The fourth-order valence-electron chi connectivity index (χ4n) is 2.53. The Balaban J connectivity index is 1.81. The normalized spacial score (nSPS) is 10.7. The number of carbonyl (C=O) groups is 1. The van der Waals surface area contributed by atoms with Gasteiger partial charge in [-0.2, -0.15) is 0 Å². The van der Waals surface area contributed by atoms with Crippen molar-refractivity contribution in [3.8, 4) is 11.3 Å². The van der Waals surface area contributed by atoms with Crippen LogP contribution in [0.1, 0.15) is 9.67 Å². The predicted molar refractivity (Wildman–Crippen MR) is 98.7 cm³/mol. The molecule has 0 fully saturated rings. The molecule has 4 aromatic rings. The van der Waals surface area contributed by atoms with Gasteiger partial charge in [-0.3, -0.25) is 4.79 Å². The second kappa shape index (κ2) is 6.33. The van der Waals surface area contributed by atoms with E-state index in [1.165, 1.54) is 11.3 Å². The minimum atomic E-state index is -0.515. The maximum Gasteiger partial charge on any atom is 0.345 e. The molecule has 0 atom stereocenters. The summed E-state index contributed by atoms with van der Waals surface area (Å²) in [6, 6.07) is 18.4. The van der Waals surface area contributed by atoms with Crippen molar-refractivity contribution < 1.29 is 9.21 Å². The van der Waals surface area contributed by atoms with Crippen molar-refractivity contribution in [3.05, 3.63) is 76.0 Å². The molecule has 0 saturated heterocycles. The van der Waals surface area contributed by atoms with Gasteiger partial charge in [-0.05, 0) is 24.3 Å². The van der Waals surface area contributed by atoms with E-state index < -0.39 is 5.63 Å². The standard InChI is InChI=1S/C19H12N2O3S/c22-11-16-17(21-19(25-16)20-13-7-2-1-3-8-13)14-10-12-6-4-5-9-15(12)24-18(14)23/h1-11H,(H,20,21). The summed E-state index contributed by atoms with van der Waals surface area (Å²) >= 11 is 1.19. The Morgan fingerprint density at radius 2 is 1.80 bits per heavy atom. The third-order valence-corrected chi connectivity index (χ3v) is 4.58. The molecule has 0 saturated carbocycles. The molecule has 0 spiro atoms. The molecular formula is C19H12N2O3S. The van der Waals surface area contributed by atoms with Gasteiger partial charge in [0.25, 0.3) is 0 Å². The van der Waals surface area contributed by atoms with Crippen LogP contribution in [0.3, 0.4) is 0 Å². The second-order valence-corrected chi connectivity index (χ2v) is 6.36. The first-order valence-electron chi connectivity index (χ1n) is 7.56. The van der Waals surface area contributed by atoms with E-state index in [1.807, 2.05) is 42.5 Å². The lowest BCUT2D eigenvalue weighted by atomic mass is 10.1.